The van der Waals surface area contributed by atoms with Crippen LogP contribution in [-0.2, 0) is 0 Å². The van der Waals surface area contributed by atoms with Crippen molar-refractivity contribution in [3.05, 3.63) is 28.3 Å². The molecular weight excluding hydrogens is 223 g/mol. The third-order valence-electron chi connectivity index (χ3n) is 1.39. The molecule has 2 N–H and O–H groups in total. The Morgan fingerprint density at radius 3 is 2.38 bits per heavy atom. The van der Waals surface area contributed by atoms with E-state index >= 15 is 0 Å². The molecule has 0 aliphatic carbocycles. The lowest BCUT2D eigenvalue weighted by Crippen LogP contribution is -2.01. The number of halogens is 4. The average molecular weight is 226 g/mol. The van der Waals surface area contributed by atoms with E-state index in [4.69, 9.17) is 28.9 Å². The minimum Gasteiger partial charge on any atom is -0.396 e. The Morgan fingerprint density at radius 2 is 1.92 bits per heavy atom. The molecule has 0 unspecified atom stereocenters. The van der Waals surface area contributed by atoms with Crippen molar-refractivity contribution in [2.75, 3.05) is 5.73 Å². The van der Waals surface area contributed by atoms with E-state index in [-0.39, 0.29) is 5.56 Å². The van der Waals surface area contributed by atoms with Crippen molar-refractivity contribution in [1.82, 2.24) is 0 Å². The van der Waals surface area contributed by atoms with Crippen molar-refractivity contribution in [2.24, 2.45) is 0 Å². The number of hydrogen-bond acceptors (Lipinski definition) is 2. The SMILES string of the molecule is Nc1cc(C(=O)Cl)c(Cl)c(F)c1F. The van der Waals surface area contributed by atoms with Crippen LogP contribution in [-0.4, -0.2) is 5.24 Å². The third-order valence-corrected chi connectivity index (χ3v) is 1.96. The predicted octanol–water partition coefficient (Wildman–Crippen LogP) is 2.58. The zero-order valence-electron chi connectivity index (χ0n) is 6.07. The zero-order valence-corrected chi connectivity index (χ0v) is 7.59. The fraction of sp³-hybridized carbons (Fsp3) is 0. The Hall–Kier alpha value is -0.870. The van der Waals surface area contributed by atoms with Gasteiger partial charge in [-0.05, 0) is 17.7 Å². The minimum atomic E-state index is -1.37. The van der Waals surface area contributed by atoms with E-state index in [0.29, 0.717) is 0 Å². The average Bonchev–Trinajstić information content (AvgIpc) is 2.07. The standard InChI is InChI=1S/C7H3Cl2F2NO/c8-4-2(7(9)13)1-3(12)5(10)6(4)11/h1H,12H2. The number of nitrogens with two attached hydrogens (primary N) is 1. The number of nitrogen functional groups attached to an aromatic ring is 1. The van der Waals surface area contributed by atoms with Crippen LogP contribution in [0.3, 0.4) is 0 Å². The lowest BCUT2D eigenvalue weighted by atomic mass is 10.2. The van der Waals surface area contributed by atoms with Crippen LogP contribution in [0.4, 0.5) is 14.5 Å². The Kier molecular flexibility index (Phi) is 2.73. The van der Waals surface area contributed by atoms with Gasteiger partial charge in [-0.3, -0.25) is 4.79 Å². The number of anilines is 1. The second kappa shape index (κ2) is 3.47. The molecular formula is C7H3Cl2F2NO. The third kappa shape index (κ3) is 1.73. The van der Waals surface area contributed by atoms with Gasteiger partial charge >= 0.3 is 0 Å². The van der Waals surface area contributed by atoms with Gasteiger partial charge in [-0.25, -0.2) is 8.78 Å². The molecule has 0 amide bonds. The van der Waals surface area contributed by atoms with Gasteiger partial charge in [-0.15, -0.1) is 0 Å². The van der Waals surface area contributed by atoms with Crippen LogP contribution in [0.5, 0.6) is 0 Å². The Bertz CT molecular complexity index is 381. The van der Waals surface area contributed by atoms with E-state index in [1.54, 1.807) is 0 Å². The molecule has 0 aromatic heterocycles. The molecule has 1 aromatic carbocycles. The highest BCUT2D eigenvalue weighted by Crippen LogP contribution is 2.27. The summed E-state index contributed by atoms with van der Waals surface area (Å²) in [5.41, 5.74) is 4.19. The van der Waals surface area contributed by atoms with Crippen molar-refractivity contribution < 1.29 is 13.6 Å². The van der Waals surface area contributed by atoms with E-state index < -0.39 is 27.6 Å². The zero-order chi connectivity index (χ0) is 10.2. The molecule has 1 aromatic rings. The van der Waals surface area contributed by atoms with Gasteiger partial charge in [0.2, 0.25) is 0 Å². The summed E-state index contributed by atoms with van der Waals surface area (Å²) < 4.78 is 25.5. The monoisotopic (exact) mass is 225 g/mol. The summed E-state index contributed by atoms with van der Waals surface area (Å²) in [6.07, 6.45) is 0. The summed E-state index contributed by atoms with van der Waals surface area (Å²) in [5, 5.41) is -1.65. The van der Waals surface area contributed by atoms with E-state index in [1.807, 2.05) is 0 Å². The summed E-state index contributed by atoms with van der Waals surface area (Å²) >= 11 is 10.3. The van der Waals surface area contributed by atoms with Crippen molar-refractivity contribution in [3.8, 4) is 0 Å². The summed E-state index contributed by atoms with van der Waals surface area (Å²) in [6, 6.07) is 0.885. The van der Waals surface area contributed by atoms with Crippen LogP contribution in [0.1, 0.15) is 10.4 Å². The van der Waals surface area contributed by atoms with Gasteiger partial charge in [-0.2, -0.15) is 0 Å². The Labute approximate surface area is 82.2 Å². The van der Waals surface area contributed by atoms with Gasteiger partial charge in [0.25, 0.3) is 5.24 Å². The maximum atomic E-state index is 12.8. The van der Waals surface area contributed by atoms with Gasteiger partial charge in [-0.1, -0.05) is 11.6 Å². The second-order valence-corrected chi connectivity index (χ2v) is 2.95. The van der Waals surface area contributed by atoms with E-state index in [9.17, 15) is 13.6 Å². The fourth-order valence-corrected chi connectivity index (χ4v) is 1.19. The van der Waals surface area contributed by atoms with Crippen molar-refractivity contribution in [2.45, 2.75) is 0 Å². The van der Waals surface area contributed by atoms with E-state index in [1.165, 1.54) is 0 Å². The fourth-order valence-electron chi connectivity index (χ4n) is 0.767. The molecule has 0 saturated heterocycles. The normalized spacial score (nSPS) is 10.2. The molecule has 1 rings (SSSR count). The number of carbonyl (C=O) groups excluding carboxylic acids is 1. The summed E-state index contributed by atoms with van der Waals surface area (Å²) in [6.45, 7) is 0. The molecule has 0 heterocycles. The van der Waals surface area contributed by atoms with Gasteiger partial charge in [0.1, 0.15) is 0 Å². The molecule has 70 valence electrons. The van der Waals surface area contributed by atoms with Crippen molar-refractivity contribution in [3.63, 3.8) is 0 Å². The van der Waals surface area contributed by atoms with E-state index in [2.05, 4.69) is 0 Å². The maximum Gasteiger partial charge on any atom is 0.254 e. The summed E-state index contributed by atoms with van der Waals surface area (Å²) in [4.78, 5) is 10.6. The highest BCUT2D eigenvalue weighted by atomic mass is 35.5. The van der Waals surface area contributed by atoms with Crippen LogP contribution < -0.4 is 5.73 Å². The van der Waals surface area contributed by atoms with Crippen LogP contribution in [0.25, 0.3) is 0 Å². The molecule has 0 saturated carbocycles. The van der Waals surface area contributed by atoms with Gasteiger partial charge in [0.15, 0.2) is 11.6 Å². The lowest BCUT2D eigenvalue weighted by Gasteiger charge is -2.03. The quantitative estimate of drug-likeness (QED) is 0.454. The first-order valence-corrected chi connectivity index (χ1v) is 3.83. The first-order valence-electron chi connectivity index (χ1n) is 3.08. The highest BCUT2D eigenvalue weighted by molar-refractivity contribution is 6.68. The second-order valence-electron chi connectivity index (χ2n) is 2.23. The van der Waals surface area contributed by atoms with Gasteiger partial charge in [0.05, 0.1) is 16.3 Å². The largest absolute Gasteiger partial charge is 0.396 e. The molecule has 0 atom stereocenters. The van der Waals surface area contributed by atoms with Crippen LogP contribution in [0, 0.1) is 11.6 Å². The molecule has 0 bridgehead atoms. The molecule has 0 spiro atoms. The molecule has 2 nitrogen and oxygen atoms in total. The number of carbonyl (C=O) groups is 1. The Balaban J connectivity index is 3.50. The molecule has 0 aliphatic rings. The van der Waals surface area contributed by atoms with Crippen molar-refractivity contribution in [1.29, 1.82) is 0 Å². The molecule has 0 aliphatic heterocycles. The van der Waals surface area contributed by atoms with E-state index in [0.717, 1.165) is 6.07 Å². The number of rotatable bonds is 1. The number of benzene rings is 1. The topological polar surface area (TPSA) is 43.1 Å². The highest BCUT2D eigenvalue weighted by Gasteiger charge is 2.18. The van der Waals surface area contributed by atoms with Gasteiger partial charge < -0.3 is 5.73 Å². The lowest BCUT2D eigenvalue weighted by molar-refractivity contribution is 0.108. The Morgan fingerprint density at radius 1 is 1.38 bits per heavy atom. The maximum absolute atomic E-state index is 12.8. The summed E-state index contributed by atoms with van der Waals surface area (Å²) in [7, 11) is 0. The molecule has 13 heavy (non-hydrogen) atoms. The minimum absolute atomic E-state index is 0.347. The van der Waals surface area contributed by atoms with Crippen LogP contribution >= 0.6 is 23.2 Å². The van der Waals surface area contributed by atoms with Crippen LogP contribution in [0.15, 0.2) is 6.07 Å². The molecule has 6 heteroatoms. The first kappa shape index (κ1) is 10.2. The summed E-state index contributed by atoms with van der Waals surface area (Å²) in [5.74, 6) is -2.66. The predicted molar refractivity (Wildman–Crippen MR) is 46.0 cm³/mol. The van der Waals surface area contributed by atoms with Gasteiger partial charge in [0, 0.05) is 0 Å². The first-order chi connectivity index (χ1) is 5.95. The molecule has 0 radical (unpaired) electrons. The number of hydrogen-bond donors (Lipinski definition) is 1. The van der Waals surface area contributed by atoms with Crippen LogP contribution in [0.2, 0.25) is 5.02 Å². The van der Waals surface area contributed by atoms with Crippen molar-refractivity contribution >= 4 is 34.1 Å². The molecule has 0 fully saturated rings. The smallest absolute Gasteiger partial charge is 0.254 e.